The summed E-state index contributed by atoms with van der Waals surface area (Å²) in [6.07, 6.45) is 1.82. The second-order valence-corrected chi connectivity index (χ2v) is 5.95. The standard InChI is InChI=1S/C21H15N3O/c1-25-15-10-8-14(9-11-15)20-13-18-16(5-4-12-22-18)21-23-17-6-2-3-7-19(17)24(20)21/h2-13H,1H3. The third-order valence-electron chi connectivity index (χ3n) is 4.54. The lowest BCUT2D eigenvalue weighted by Crippen LogP contribution is -1.95. The molecule has 5 aromatic rings. The average molecular weight is 325 g/mol. The van der Waals surface area contributed by atoms with E-state index in [9.17, 15) is 0 Å². The first kappa shape index (κ1) is 14.0. The Morgan fingerprint density at radius 1 is 0.880 bits per heavy atom. The smallest absolute Gasteiger partial charge is 0.147 e. The van der Waals surface area contributed by atoms with E-state index in [0.29, 0.717) is 0 Å². The molecule has 4 heteroatoms. The van der Waals surface area contributed by atoms with Gasteiger partial charge >= 0.3 is 0 Å². The normalized spacial score (nSPS) is 11.4. The van der Waals surface area contributed by atoms with Gasteiger partial charge in [0, 0.05) is 11.6 Å². The number of para-hydroxylation sites is 2. The molecular formula is C21H15N3O. The van der Waals surface area contributed by atoms with Crippen molar-refractivity contribution in [2.75, 3.05) is 7.11 Å². The summed E-state index contributed by atoms with van der Waals surface area (Å²) in [6.45, 7) is 0. The molecule has 0 aliphatic rings. The SMILES string of the molecule is COc1ccc(-c2cc3ncccc3c3nc4ccccc4n23)cc1. The molecule has 0 N–H and O–H groups in total. The number of rotatable bonds is 2. The number of nitrogens with zero attached hydrogens (tertiary/aromatic N) is 3. The lowest BCUT2D eigenvalue weighted by atomic mass is 10.1. The number of fused-ring (bicyclic) bond motifs is 5. The maximum absolute atomic E-state index is 5.29. The Bertz CT molecular complexity index is 1220. The number of hydrogen-bond donors (Lipinski definition) is 0. The molecule has 0 fully saturated rings. The maximum atomic E-state index is 5.29. The van der Waals surface area contributed by atoms with Crippen LogP contribution in [-0.2, 0) is 0 Å². The van der Waals surface area contributed by atoms with Crippen molar-refractivity contribution in [2.24, 2.45) is 0 Å². The number of benzene rings is 2. The summed E-state index contributed by atoms with van der Waals surface area (Å²) < 4.78 is 7.50. The molecular weight excluding hydrogens is 310 g/mol. The van der Waals surface area contributed by atoms with Gasteiger partial charge in [-0.1, -0.05) is 12.1 Å². The summed E-state index contributed by atoms with van der Waals surface area (Å²) in [6, 6.07) is 22.4. The molecule has 0 saturated carbocycles. The lowest BCUT2D eigenvalue weighted by Gasteiger charge is -2.10. The van der Waals surface area contributed by atoms with Crippen LogP contribution in [0.3, 0.4) is 0 Å². The molecule has 0 amide bonds. The van der Waals surface area contributed by atoms with Gasteiger partial charge < -0.3 is 4.74 Å². The highest BCUT2D eigenvalue weighted by Gasteiger charge is 2.14. The number of pyridine rings is 2. The van der Waals surface area contributed by atoms with E-state index in [1.165, 1.54) is 0 Å². The largest absolute Gasteiger partial charge is 0.497 e. The first-order chi connectivity index (χ1) is 12.3. The van der Waals surface area contributed by atoms with Gasteiger partial charge in [0.25, 0.3) is 0 Å². The molecule has 0 unspecified atom stereocenters. The van der Waals surface area contributed by atoms with Gasteiger partial charge in [-0.2, -0.15) is 0 Å². The summed E-state index contributed by atoms with van der Waals surface area (Å²) in [4.78, 5) is 9.40. The zero-order valence-corrected chi connectivity index (χ0v) is 13.7. The fraction of sp³-hybridized carbons (Fsp3) is 0.0476. The Kier molecular flexibility index (Phi) is 2.97. The van der Waals surface area contributed by atoms with Crippen molar-refractivity contribution in [2.45, 2.75) is 0 Å². The molecule has 5 rings (SSSR count). The van der Waals surface area contributed by atoms with E-state index in [1.807, 2.05) is 42.6 Å². The van der Waals surface area contributed by atoms with Gasteiger partial charge in [-0.15, -0.1) is 0 Å². The van der Waals surface area contributed by atoms with E-state index in [-0.39, 0.29) is 0 Å². The Hall–Kier alpha value is -3.40. The van der Waals surface area contributed by atoms with Crippen molar-refractivity contribution in [3.63, 3.8) is 0 Å². The van der Waals surface area contributed by atoms with Crippen LogP contribution < -0.4 is 4.74 Å². The third-order valence-corrected chi connectivity index (χ3v) is 4.54. The van der Waals surface area contributed by atoms with Gasteiger partial charge in [-0.05, 0) is 60.2 Å². The maximum Gasteiger partial charge on any atom is 0.147 e. The minimum absolute atomic E-state index is 0.842. The molecule has 2 aromatic carbocycles. The molecule has 0 aliphatic carbocycles. The van der Waals surface area contributed by atoms with Crippen molar-refractivity contribution in [1.82, 2.24) is 14.4 Å². The van der Waals surface area contributed by atoms with Gasteiger partial charge in [0.15, 0.2) is 0 Å². The van der Waals surface area contributed by atoms with Crippen LogP contribution in [0, 0.1) is 0 Å². The fourth-order valence-electron chi connectivity index (χ4n) is 3.34. The quantitative estimate of drug-likeness (QED) is 0.472. The van der Waals surface area contributed by atoms with Crippen molar-refractivity contribution >= 4 is 27.6 Å². The highest BCUT2D eigenvalue weighted by Crippen LogP contribution is 2.31. The Balaban J connectivity index is 1.95. The van der Waals surface area contributed by atoms with Crippen molar-refractivity contribution in [3.05, 3.63) is 72.9 Å². The van der Waals surface area contributed by atoms with Gasteiger partial charge in [0.2, 0.25) is 0 Å². The fourth-order valence-corrected chi connectivity index (χ4v) is 3.34. The number of aromatic nitrogens is 3. The highest BCUT2D eigenvalue weighted by atomic mass is 16.5. The van der Waals surface area contributed by atoms with E-state index in [2.05, 4.69) is 39.7 Å². The van der Waals surface area contributed by atoms with Crippen LogP contribution >= 0.6 is 0 Å². The summed E-state index contributed by atoms with van der Waals surface area (Å²) in [7, 11) is 1.68. The summed E-state index contributed by atoms with van der Waals surface area (Å²) >= 11 is 0. The zero-order valence-electron chi connectivity index (χ0n) is 13.7. The van der Waals surface area contributed by atoms with Crippen molar-refractivity contribution < 1.29 is 4.74 Å². The Morgan fingerprint density at radius 3 is 2.56 bits per heavy atom. The summed E-state index contributed by atoms with van der Waals surface area (Å²) in [5.41, 5.74) is 6.11. The van der Waals surface area contributed by atoms with Crippen molar-refractivity contribution in [1.29, 1.82) is 0 Å². The topological polar surface area (TPSA) is 39.4 Å². The number of hydrogen-bond acceptors (Lipinski definition) is 3. The summed E-state index contributed by atoms with van der Waals surface area (Å²) in [5, 5.41) is 1.05. The van der Waals surface area contributed by atoms with Crippen LogP contribution in [0.25, 0.3) is 38.8 Å². The second-order valence-electron chi connectivity index (χ2n) is 5.95. The predicted molar refractivity (Wildman–Crippen MR) is 100.0 cm³/mol. The Morgan fingerprint density at radius 2 is 1.72 bits per heavy atom. The van der Waals surface area contributed by atoms with E-state index in [0.717, 1.165) is 44.6 Å². The molecule has 0 radical (unpaired) electrons. The number of imidazole rings is 1. The number of methoxy groups -OCH3 is 1. The molecule has 4 nitrogen and oxygen atoms in total. The van der Waals surface area contributed by atoms with E-state index in [1.54, 1.807) is 7.11 Å². The summed E-state index contributed by atoms with van der Waals surface area (Å²) in [5.74, 6) is 0.842. The zero-order chi connectivity index (χ0) is 16.8. The first-order valence-corrected chi connectivity index (χ1v) is 8.14. The molecule has 0 spiro atoms. The van der Waals surface area contributed by atoms with Gasteiger partial charge in [-0.25, -0.2) is 4.98 Å². The van der Waals surface area contributed by atoms with Crippen LogP contribution in [-0.4, -0.2) is 21.5 Å². The van der Waals surface area contributed by atoms with Crippen LogP contribution in [0.1, 0.15) is 0 Å². The van der Waals surface area contributed by atoms with Crippen LogP contribution in [0.5, 0.6) is 5.75 Å². The molecule has 0 bridgehead atoms. The van der Waals surface area contributed by atoms with E-state index >= 15 is 0 Å². The van der Waals surface area contributed by atoms with E-state index in [4.69, 9.17) is 9.72 Å². The Labute approximate surface area is 144 Å². The predicted octanol–water partition coefficient (Wildman–Crippen LogP) is 4.71. The minimum atomic E-state index is 0.842. The molecule has 3 aromatic heterocycles. The minimum Gasteiger partial charge on any atom is -0.497 e. The molecule has 0 saturated heterocycles. The van der Waals surface area contributed by atoms with Gasteiger partial charge in [0.1, 0.15) is 11.4 Å². The molecule has 25 heavy (non-hydrogen) atoms. The molecule has 120 valence electrons. The van der Waals surface area contributed by atoms with Crippen LogP contribution in [0.15, 0.2) is 72.9 Å². The second kappa shape index (κ2) is 5.31. The first-order valence-electron chi connectivity index (χ1n) is 8.14. The number of ether oxygens (including phenoxy) is 1. The van der Waals surface area contributed by atoms with Crippen LogP contribution in [0.4, 0.5) is 0 Å². The van der Waals surface area contributed by atoms with E-state index < -0.39 is 0 Å². The highest BCUT2D eigenvalue weighted by molar-refractivity contribution is 5.99. The molecule has 0 atom stereocenters. The van der Waals surface area contributed by atoms with Crippen molar-refractivity contribution in [3.8, 4) is 17.0 Å². The molecule has 0 aliphatic heterocycles. The van der Waals surface area contributed by atoms with Gasteiger partial charge in [-0.3, -0.25) is 9.38 Å². The monoisotopic (exact) mass is 325 g/mol. The van der Waals surface area contributed by atoms with Crippen LogP contribution in [0.2, 0.25) is 0 Å². The molecule has 3 heterocycles. The average Bonchev–Trinajstić information content (AvgIpc) is 3.07. The third kappa shape index (κ3) is 2.08. The van der Waals surface area contributed by atoms with Gasteiger partial charge in [0.05, 0.1) is 29.4 Å². The lowest BCUT2D eigenvalue weighted by molar-refractivity contribution is 0.415.